The first-order chi connectivity index (χ1) is 4.66. The van der Waals surface area contributed by atoms with E-state index in [9.17, 15) is 9.59 Å². The van der Waals surface area contributed by atoms with Crippen molar-refractivity contribution in [1.29, 1.82) is 0 Å². The Bertz CT molecular complexity index is 153. The number of nitrogens with two attached hydrogens (primary N) is 1. The number of amides is 1. The van der Waals surface area contributed by atoms with Gasteiger partial charge in [-0.2, -0.15) is 0 Å². The molecule has 0 rings (SSSR count). The van der Waals surface area contributed by atoms with Crippen molar-refractivity contribution in [1.82, 2.24) is 0 Å². The van der Waals surface area contributed by atoms with E-state index in [-0.39, 0.29) is 13.0 Å². The molecule has 0 radical (unpaired) electrons. The molecule has 4 heteroatoms. The molecular weight excluding hydrogens is 134 g/mol. The van der Waals surface area contributed by atoms with E-state index in [1.54, 1.807) is 0 Å². The molecule has 0 fully saturated rings. The van der Waals surface area contributed by atoms with Gasteiger partial charge < -0.3 is 10.5 Å². The van der Waals surface area contributed by atoms with Crippen LogP contribution in [-0.4, -0.2) is 18.5 Å². The molecular formula is C6H9NO3. The number of ether oxygens (including phenoxy) is 1. The molecule has 10 heavy (non-hydrogen) atoms. The van der Waals surface area contributed by atoms with Crippen molar-refractivity contribution in [3.63, 3.8) is 0 Å². The summed E-state index contributed by atoms with van der Waals surface area (Å²) in [6.07, 6.45) is 1.50. The lowest BCUT2D eigenvalue weighted by atomic mass is 10.4. The molecule has 56 valence electrons. The number of primary amides is 1. The molecule has 0 bridgehead atoms. The largest absolute Gasteiger partial charge is 0.455 e. The fraction of sp³-hybridized carbons (Fsp3) is 0.333. The van der Waals surface area contributed by atoms with Crippen molar-refractivity contribution in [3.8, 4) is 0 Å². The van der Waals surface area contributed by atoms with Gasteiger partial charge in [0.25, 0.3) is 5.91 Å². The van der Waals surface area contributed by atoms with Crippen LogP contribution in [0.2, 0.25) is 0 Å². The SMILES string of the molecule is C=CCC(=O)OCC(N)=O. The zero-order valence-corrected chi connectivity index (χ0v) is 5.50. The Morgan fingerprint density at radius 1 is 1.60 bits per heavy atom. The quantitative estimate of drug-likeness (QED) is 0.429. The first kappa shape index (κ1) is 8.68. The Balaban J connectivity index is 3.39. The molecule has 0 saturated heterocycles. The maximum atomic E-state index is 10.4. The second-order valence-electron chi connectivity index (χ2n) is 1.62. The molecule has 0 atom stereocenters. The molecule has 4 nitrogen and oxygen atoms in total. The second-order valence-corrected chi connectivity index (χ2v) is 1.62. The van der Waals surface area contributed by atoms with E-state index in [1.165, 1.54) is 6.08 Å². The van der Waals surface area contributed by atoms with E-state index in [1.807, 2.05) is 0 Å². The van der Waals surface area contributed by atoms with E-state index in [4.69, 9.17) is 5.73 Å². The average molecular weight is 143 g/mol. The summed E-state index contributed by atoms with van der Waals surface area (Å²) in [6, 6.07) is 0. The Morgan fingerprint density at radius 3 is 2.60 bits per heavy atom. The highest BCUT2D eigenvalue weighted by Crippen LogP contribution is 1.84. The number of rotatable bonds is 4. The van der Waals surface area contributed by atoms with Gasteiger partial charge in [0.15, 0.2) is 6.61 Å². The summed E-state index contributed by atoms with van der Waals surface area (Å²) in [5, 5.41) is 0. The van der Waals surface area contributed by atoms with Gasteiger partial charge in [-0.25, -0.2) is 0 Å². The van der Waals surface area contributed by atoms with E-state index in [0.717, 1.165) is 0 Å². The topological polar surface area (TPSA) is 69.4 Å². The fourth-order valence-electron chi connectivity index (χ4n) is 0.328. The van der Waals surface area contributed by atoms with Crippen LogP contribution < -0.4 is 5.73 Å². The lowest BCUT2D eigenvalue weighted by Crippen LogP contribution is -2.20. The molecule has 0 aromatic rings. The van der Waals surface area contributed by atoms with Crippen molar-refractivity contribution < 1.29 is 14.3 Å². The number of esters is 1. The highest BCUT2D eigenvalue weighted by atomic mass is 16.5. The van der Waals surface area contributed by atoms with Gasteiger partial charge in [0.2, 0.25) is 0 Å². The molecule has 0 aliphatic heterocycles. The number of hydrogen-bond donors (Lipinski definition) is 1. The Labute approximate surface area is 58.7 Å². The molecule has 2 N–H and O–H groups in total. The Hall–Kier alpha value is -1.32. The third kappa shape index (κ3) is 4.83. The van der Waals surface area contributed by atoms with Crippen LogP contribution in [-0.2, 0) is 14.3 Å². The van der Waals surface area contributed by atoms with Gasteiger partial charge in [0.1, 0.15) is 0 Å². The van der Waals surface area contributed by atoms with E-state index in [0.29, 0.717) is 0 Å². The smallest absolute Gasteiger partial charge is 0.310 e. The Kier molecular flexibility index (Phi) is 3.95. The highest BCUT2D eigenvalue weighted by molar-refractivity contribution is 5.79. The average Bonchev–Trinajstić information content (AvgIpc) is 1.85. The number of carbonyl (C=O) groups is 2. The predicted octanol–water partition coefficient (Wildman–Crippen LogP) is -0.409. The van der Waals surface area contributed by atoms with Crippen molar-refractivity contribution >= 4 is 11.9 Å². The summed E-state index contributed by atoms with van der Waals surface area (Å²) >= 11 is 0. The highest BCUT2D eigenvalue weighted by Gasteiger charge is 2.00. The standard InChI is InChI=1S/C6H9NO3/c1-2-3-6(9)10-4-5(7)8/h2H,1,3-4H2,(H2,7,8). The van der Waals surface area contributed by atoms with Crippen molar-refractivity contribution in [2.75, 3.05) is 6.61 Å². The molecule has 0 heterocycles. The predicted molar refractivity (Wildman–Crippen MR) is 35.0 cm³/mol. The summed E-state index contributed by atoms with van der Waals surface area (Å²) in [7, 11) is 0. The van der Waals surface area contributed by atoms with Crippen LogP contribution in [0.15, 0.2) is 12.7 Å². The Morgan fingerprint density at radius 2 is 2.20 bits per heavy atom. The fourth-order valence-corrected chi connectivity index (χ4v) is 0.328. The van der Waals surface area contributed by atoms with Crippen LogP contribution in [0.5, 0.6) is 0 Å². The summed E-state index contributed by atoms with van der Waals surface area (Å²) in [5.74, 6) is -1.15. The summed E-state index contributed by atoms with van der Waals surface area (Å²) in [6.45, 7) is 2.96. The van der Waals surface area contributed by atoms with Crippen molar-refractivity contribution in [3.05, 3.63) is 12.7 Å². The van der Waals surface area contributed by atoms with Crippen molar-refractivity contribution in [2.24, 2.45) is 5.73 Å². The minimum atomic E-state index is -0.655. The van der Waals surface area contributed by atoms with Crippen LogP contribution in [0.25, 0.3) is 0 Å². The van der Waals surface area contributed by atoms with Gasteiger partial charge in [-0.05, 0) is 0 Å². The van der Waals surface area contributed by atoms with E-state index >= 15 is 0 Å². The normalized spacial score (nSPS) is 8.40. The minimum absolute atomic E-state index is 0.104. The maximum Gasteiger partial charge on any atom is 0.310 e. The first-order valence-corrected chi connectivity index (χ1v) is 2.71. The zero-order valence-electron chi connectivity index (χ0n) is 5.50. The van der Waals surface area contributed by atoms with E-state index < -0.39 is 11.9 Å². The molecule has 0 aliphatic carbocycles. The lowest BCUT2D eigenvalue weighted by molar-refractivity contribution is -0.146. The monoisotopic (exact) mass is 143 g/mol. The molecule has 0 aliphatic rings. The summed E-state index contributed by atoms with van der Waals surface area (Å²) in [5.41, 5.74) is 4.69. The van der Waals surface area contributed by atoms with Crippen LogP contribution in [0.1, 0.15) is 6.42 Å². The van der Waals surface area contributed by atoms with Crippen LogP contribution in [0.4, 0.5) is 0 Å². The molecule has 0 aromatic heterocycles. The molecule has 0 aromatic carbocycles. The van der Waals surface area contributed by atoms with Crippen molar-refractivity contribution in [2.45, 2.75) is 6.42 Å². The maximum absolute atomic E-state index is 10.4. The van der Waals surface area contributed by atoms with Gasteiger partial charge in [0, 0.05) is 0 Å². The molecule has 0 spiro atoms. The zero-order chi connectivity index (χ0) is 7.98. The lowest BCUT2D eigenvalue weighted by Gasteiger charge is -1.97. The minimum Gasteiger partial charge on any atom is -0.455 e. The van der Waals surface area contributed by atoms with E-state index in [2.05, 4.69) is 11.3 Å². The molecule has 1 amide bonds. The van der Waals surface area contributed by atoms with Gasteiger partial charge >= 0.3 is 5.97 Å². The third-order valence-corrected chi connectivity index (χ3v) is 0.686. The molecule has 0 unspecified atom stereocenters. The molecule has 0 saturated carbocycles. The van der Waals surface area contributed by atoms with Gasteiger partial charge in [-0.3, -0.25) is 9.59 Å². The van der Waals surface area contributed by atoms with Crippen LogP contribution in [0, 0.1) is 0 Å². The summed E-state index contributed by atoms with van der Waals surface area (Å²) in [4.78, 5) is 20.5. The van der Waals surface area contributed by atoms with Gasteiger partial charge in [0.05, 0.1) is 6.42 Å². The number of carbonyl (C=O) groups excluding carboxylic acids is 2. The summed E-state index contributed by atoms with van der Waals surface area (Å²) < 4.78 is 4.36. The number of hydrogen-bond acceptors (Lipinski definition) is 3. The first-order valence-electron chi connectivity index (χ1n) is 2.71. The van der Waals surface area contributed by atoms with Crippen LogP contribution >= 0.6 is 0 Å². The second kappa shape index (κ2) is 4.55. The third-order valence-electron chi connectivity index (χ3n) is 0.686. The van der Waals surface area contributed by atoms with Crippen LogP contribution in [0.3, 0.4) is 0 Å². The van der Waals surface area contributed by atoms with Gasteiger partial charge in [-0.1, -0.05) is 6.08 Å². The van der Waals surface area contributed by atoms with Gasteiger partial charge in [-0.15, -0.1) is 6.58 Å².